The summed E-state index contributed by atoms with van der Waals surface area (Å²) in [6.07, 6.45) is 1.40. The van der Waals surface area contributed by atoms with Crippen LogP contribution in [-0.4, -0.2) is 12.4 Å². The molecule has 3 rings (SSSR count). The van der Waals surface area contributed by atoms with Crippen molar-refractivity contribution in [3.8, 4) is 11.1 Å². The standard InChI is InChI=1S/C17H16O2/c1-12(18)13-2-4-14(5-3-13)15-6-8-16(9-7-15)17-10-11-19-17/h2-9,17H,10-11H2,1H3. The molecule has 0 spiro atoms. The highest BCUT2D eigenvalue weighted by Crippen LogP contribution is 2.30. The van der Waals surface area contributed by atoms with Crippen LogP contribution < -0.4 is 0 Å². The molecule has 1 unspecified atom stereocenters. The van der Waals surface area contributed by atoms with E-state index >= 15 is 0 Å². The minimum Gasteiger partial charge on any atom is -0.373 e. The van der Waals surface area contributed by atoms with Gasteiger partial charge < -0.3 is 4.74 Å². The largest absolute Gasteiger partial charge is 0.373 e. The summed E-state index contributed by atoms with van der Waals surface area (Å²) in [5.74, 6) is 0.101. The third kappa shape index (κ3) is 2.45. The van der Waals surface area contributed by atoms with E-state index in [2.05, 4.69) is 24.3 Å². The first-order chi connectivity index (χ1) is 9.24. The highest BCUT2D eigenvalue weighted by Gasteiger charge is 2.19. The molecule has 0 aliphatic carbocycles. The van der Waals surface area contributed by atoms with Crippen LogP contribution in [0.15, 0.2) is 48.5 Å². The minimum atomic E-state index is 0.101. The summed E-state index contributed by atoms with van der Waals surface area (Å²) < 4.78 is 5.47. The van der Waals surface area contributed by atoms with Crippen LogP contribution in [0.2, 0.25) is 0 Å². The predicted molar refractivity (Wildman–Crippen MR) is 75.2 cm³/mol. The summed E-state index contributed by atoms with van der Waals surface area (Å²) in [7, 11) is 0. The number of carbonyl (C=O) groups excluding carboxylic acids is 1. The van der Waals surface area contributed by atoms with E-state index in [-0.39, 0.29) is 11.9 Å². The SMILES string of the molecule is CC(=O)c1ccc(-c2ccc(C3CCO3)cc2)cc1. The first-order valence-corrected chi connectivity index (χ1v) is 6.57. The molecule has 1 aliphatic rings. The summed E-state index contributed by atoms with van der Waals surface area (Å²) in [6, 6.07) is 16.2. The fraction of sp³-hybridized carbons (Fsp3) is 0.235. The Balaban J connectivity index is 1.83. The summed E-state index contributed by atoms with van der Waals surface area (Å²) in [5, 5.41) is 0. The van der Waals surface area contributed by atoms with E-state index in [9.17, 15) is 4.79 Å². The van der Waals surface area contributed by atoms with Crippen molar-refractivity contribution < 1.29 is 9.53 Å². The van der Waals surface area contributed by atoms with Crippen LogP contribution in [-0.2, 0) is 4.74 Å². The van der Waals surface area contributed by atoms with Crippen molar-refractivity contribution in [1.29, 1.82) is 0 Å². The Morgan fingerprint density at radius 1 is 1.00 bits per heavy atom. The number of hydrogen-bond acceptors (Lipinski definition) is 2. The first kappa shape index (κ1) is 12.1. The quantitative estimate of drug-likeness (QED) is 0.771. The molecule has 0 N–H and O–H groups in total. The Bertz CT molecular complexity index is 578. The fourth-order valence-electron chi connectivity index (χ4n) is 2.29. The second-order valence-corrected chi connectivity index (χ2v) is 4.90. The number of rotatable bonds is 3. The highest BCUT2D eigenvalue weighted by molar-refractivity contribution is 5.94. The van der Waals surface area contributed by atoms with E-state index in [0.717, 1.165) is 29.7 Å². The molecule has 0 amide bonds. The van der Waals surface area contributed by atoms with Gasteiger partial charge in [-0.25, -0.2) is 0 Å². The van der Waals surface area contributed by atoms with Gasteiger partial charge in [-0.1, -0.05) is 48.5 Å². The van der Waals surface area contributed by atoms with E-state index in [1.54, 1.807) is 6.92 Å². The Hall–Kier alpha value is -1.93. The maximum absolute atomic E-state index is 11.2. The third-order valence-electron chi connectivity index (χ3n) is 3.61. The van der Waals surface area contributed by atoms with Gasteiger partial charge >= 0.3 is 0 Å². The van der Waals surface area contributed by atoms with E-state index in [1.807, 2.05) is 24.3 Å². The van der Waals surface area contributed by atoms with Gasteiger partial charge in [0.1, 0.15) is 0 Å². The van der Waals surface area contributed by atoms with Gasteiger partial charge in [0, 0.05) is 12.0 Å². The lowest BCUT2D eigenvalue weighted by Crippen LogP contribution is -2.17. The van der Waals surface area contributed by atoms with Crippen molar-refractivity contribution in [2.45, 2.75) is 19.4 Å². The molecule has 0 radical (unpaired) electrons. The molecule has 0 bridgehead atoms. The van der Waals surface area contributed by atoms with Gasteiger partial charge in [-0.05, 0) is 23.6 Å². The molecule has 1 heterocycles. The van der Waals surface area contributed by atoms with Gasteiger partial charge in [0.2, 0.25) is 0 Å². The molecule has 2 nitrogen and oxygen atoms in total. The minimum absolute atomic E-state index is 0.101. The van der Waals surface area contributed by atoms with Crippen molar-refractivity contribution in [2.75, 3.05) is 6.61 Å². The number of ether oxygens (including phenoxy) is 1. The van der Waals surface area contributed by atoms with Gasteiger partial charge in [0.15, 0.2) is 5.78 Å². The second kappa shape index (κ2) is 4.98. The van der Waals surface area contributed by atoms with Crippen LogP contribution >= 0.6 is 0 Å². The molecule has 2 heteroatoms. The lowest BCUT2D eigenvalue weighted by molar-refractivity contribution is -0.0527. The molecule has 1 fully saturated rings. The molecule has 2 aromatic rings. The van der Waals surface area contributed by atoms with Crippen molar-refractivity contribution in [1.82, 2.24) is 0 Å². The predicted octanol–water partition coefficient (Wildman–Crippen LogP) is 4.02. The average Bonchev–Trinajstić information content (AvgIpc) is 2.38. The van der Waals surface area contributed by atoms with Crippen LogP contribution in [0.1, 0.15) is 35.4 Å². The molecule has 0 aromatic heterocycles. The van der Waals surface area contributed by atoms with Crippen molar-refractivity contribution >= 4 is 5.78 Å². The van der Waals surface area contributed by atoms with Crippen LogP contribution in [0.5, 0.6) is 0 Å². The molecule has 1 saturated heterocycles. The normalized spacial score (nSPS) is 17.8. The van der Waals surface area contributed by atoms with E-state index in [4.69, 9.17) is 4.74 Å². The zero-order valence-electron chi connectivity index (χ0n) is 10.9. The van der Waals surface area contributed by atoms with E-state index < -0.39 is 0 Å². The molecule has 19 heavy (non-hydrogen) atoms. The molecule has 0 saturated carbocycles. The zero-order chi connectivity index (χ0) is 13.2. The van der Waals surface area contributed by atoms with Gasteiger partial charge in [-0.3, -0.25) is 4.79 Å². The molecule has 2 aromatic carbocycles. The summed E-state index contributed by atoms with van der Waals surface area (Å²) >= 11 is 0. The second-order valence-electron chi connectivity index (χ2n) is 4.90. The smallest absolute Gasteiger partial charge is 0.159 e. The maximum atomic E-state index is 11.2. The molecular formula is C17H16O2. The van der Waals surface area contributed by atoms with E-state index in [1.165, 1.54) is 5.56 Å². The number of ketones is 1. The average molecular weight is 252 g/mol. The topological polar surface area (TPSA) is 26.3 Å². The van der Waals surface area contributed by atoms with Crippen LogP contribution in [0, 0.1) is 0 Å². The van der Waals surface area contributed by atoms with Gasteiger partial charge in [-0.2, -0.15) is 0 Å². The number of Topliss-reactive ketones (excluding diaryl/α,β-unsaturated/α-hetero) is 1. The number of benzene rings is 2. The van der Waals surface area contributed by atoms with Gasteiger partial charge in [0.25, 0.3) is 0 Å². The Morgan fingerprint density at radius 2 is 1.53 bits per heavy atom. The summed E-state index contributed by atoms with van der Waals surface area (Å²) in [5.41, 5.74) is 4.29. The molecule has 96 valence electrons. The zero-order valence-corrected chi connectivity index (χ0v) is 10.9. The lowest BCUT2D eigenvalue weighted by atomic mass is 9.98. The van der Waals surface area contributed by atoms with Crippen LogP contribution in [0.3, 0.4) is 0 Å². The Kier molecular flexibility index (Phi) is 3.18. The number of carbonyl (C=O) groups is 1. The molecular weight excluding hydrogens is 236 g/mol. The fourth-order valence-corrected chi connectivity index (χ4v) is 2.29. The Labute approximate surface area is 113 Å². The lowest BCUT2D eigenvalue weighted by Gasteiger charge is -2.26. The van der Waals surface area contributed by atoms with Gasteiger partial charge in [0.05, 0.1) is 12.7 Å². The maximum Gasteiger partial charge on any atom is 0.159 e. The van der Waals surface area contributed by atoms with Crippen LogP contribution in [0.25, 0.3) is 11.1 Å². The number of hydrogen-bond donors (Lipinski definition) is 0. The van der Waals surface area contributed by atoms with Crippen molar-refractivity contribution in [3.63, 3.8) is 0 Å². The van der Waals surface area contributed by atoms with Crippen LogP contribution in [0.4, 0.5) is 0 Å². The summed E-state index contributed by atoms with van der Waals surface area (Å²) in [6.45, 7) is 2.46. The third-order valence-corrected chi connectivity index (χ3v) is 3.61. The molecule has 1 atom stereocenters. The van der Waals surface area contributed by atoms with Gasteiger partial charge in [-0.15, -0.1) is 0 Å². The Morgan fingerprint density at radius 3 is 1.95 bits per heavy atom. The van der Waals surface area contributed by atoms with E-state index in [0.29, 0.717) is 0 Å². The monoisotopic (exact) mass is 252 g/mol. The van der Waals surface area contributed by atoms with Crippen molar-refractivity contribution in [3.05, 3.63) is 59.7 Å². The highest BCUT2D eigenvalue weighted by atomic mass is 16.5. The first-order valence-electron chi connectivity index (χ1n) is 6.57. The molecule has 1 aliphatic heterocycles. The summed E-state index contributed by atoms with van der Waals surface area (Å²) in [4.78, 5) is 11.2. The van der Waals surface area contributed by atoms with Crippen molar-refractivity contribution in [2.24, 2.45) is 0 Å².